The van der Waals surface area contributed by atoms with E-state index in [-0.39, 0.29) is 13.3 Å². The summed E-state index contributed by atoms with van der Waals surface area (Å²) >= 11 is 0. The van der Waals surface area contributed by atoms with E-state index >= 15 is 0 Å². The monoisotopic (exact) mass is 327 g/mol. The second-order valence-corrected chi connectivity index (χ2v) is 5.42. The molecule has 1 aliphatic heterocycles. The number of benzene rings is 2. The van der Waals surface area contributed by atoms with Crippen LogP contribution >= 0.6 is 0 Å². The Morgan fingerprint density at radius 3 is 2.67 bits per heavy atom. The highest BCUT2D eigenvalue weighted by molar-refractivity contribution is 6.39. The fourth-order valence-electron chi connectivity index (χ4n) is 2.29. The number of rotatable bonds is 3. The van der Waals surface area contributed by atoms with E-state index in [0.29, 0.717) is 22.9 Å². The molecule has 2 aromatic carbocycles. The van der Waals surface area contributed by atoms with Crippen molar-refractivity contribution < 1.29 is 19.1 Å². The van der Waals surface area contributed by atoms with Crippen molar-refractivity contribution in [3.8, 4) is 11.5 Å². The quantitative estimate of drug-likeness (QED) is 0.586. The molecule has 24 heavy (non-hydrogen) atoms. The predicted molar refractivity (Wildman–Crippen MR) is 88.6 cm³/mol. The first kappa shape index (κ1) is 15.7. The van der Waals surface area contributed by atoms with Crippen molar-refractivity contribution in [2.24, 2.45) is 0 Å². The lowest BCUT2D eigenvalue weighted by Crippen LogP contribution is -2.35. The third-order valence-electron chi connectivity index (χ3n) is 3.55. The van der Waals surface area contributed by atoms with Crippen LogP contribution in [0.1, 0.15) is 11.1 Å². The Morgan fingerprint density at radius 2 is 1.88 bits per heavy atom. The van der Waals surface area contributed by atoms with Gasteiger partial charge in [-0.3, -0.25) is 9.59 Å². The molecule has 7 heteroatoms. The lowest BCUT2D eigenvalue weighted by molar-refractivity contribution is -0.136. The molecule has 0 saturated heterocycles. The normalized spacial score (nSPS) is 11.9. The zero-order chi connectivity index (χ0) is 17.1. The van der Waals surface area contributed by atoms with Gasteiger partial charge < -0.3 is 25.8 Å². The summed E-state index contributed by atoms with van der Waals surface area (Å²) in [6.07, 6.45) is 0. The van der Waals surface area contributed by atoms with Crippen LogP contribution in [0.15, 0.2) is 36.4 Å². The summed E-state index contributed by atoms with van der Waals surface area (Å²) in [5.74, 6) is -0.227. The molecular weight excluding hydrogens is 310 g/mol. The number of amides is 2. The summed E-state index contributed by atoms with van der Waals surface area (Å²) in [6, 6.07) is 10.5. The van der Waals surface area contributed by atoms with E-state index in [1.165, 1.54) is 0 Å². The van der Waals surface area contributed by atoms with E-state index in [2.05, 4.69) is 10.6 Å². The maximum absolute atomic E-state index is 11.9. The number of hydrogen-bond donors (Lipinski definition) is 3. The van der Waals surface area contributed by atoms with Crippen molar-refractivity contribution in [1.82, 2.24) is 5.32 Å². The van der Waals surface area contributed by atoms with E-state index in [9.17, 15) is 9.59 Å². The van der Waals surface area contributed by atoms with Gasteiger partial charge in [0.05, 0.1) is 11.4 Å². The van der Waals surface area contributed by atoms with Gasteiger partial charge in [-0.15, -0.1) is 0 Å². The van der Waals surface area contributed by atoms with Crippen LogP contribution in [-0.4, -0.2) is 18.6 Å². The van der Waals surface area contributed by atoms with Crippen LogP contribution in [0, 0.1) is 6.92 Å². The molecule has 2 amide bonds. The van der Waals surface area contributed by atoms with E-state index < -0.39 is 11.8 Å². The molecule has 0 saturated carbocycles. The van der Waals surface area contributed by atoms with Crippen molar-refractivity contribution in [3.63, 3.8) is 0 Å². The van der Waals surface area contributed by atoms with Crippen LogP contribution < -0.4 is 25.8 Å². The van der Waals surface area contributed by atoms with Gasteiger partial charge in [-0.1, -0.05) is 12.1 Å². The van der Waals surface area contributed by atoms with Gasteiger partial charge in [-0.25, -0.2) is 0 Å². The Balaban J connectivity index is 1.57. The molecule has 7 nitrogen and oxygen atoms in total. The van der Waals surface area contributed by atoms with Gasteiger partial charge in [0, 0.05) is 6.54 Å². The zero-order valence-electron chi connectivity index (χ0n) is 13.1. The second-order valence-electron chi connectivity index (χ2n) is 5.42. The van der Waals surface area contributed by atoms with Gasteiger partial charge in [0.1, 0.15) is 0 Å². The number of nitrogen functional groups attached to an aromatic ring is 1. The SMILES string of the molecule is Cc1ccc(NC(=O)C(=O)NCc2ccc3c(c2)OCO3)c(N)c1. The highest BCUT2D eigenvalue weighted by Gasteiger charge is 2.16. The lowest BCUT2D eigenvalue weighted by Gasteiger charge is -2.09. The smallest absolute Gasteiger partial charge is 0.313 e. The molecule has 0 bridgehead atoms. The van der Waals surface area contributed by atoms with Crippen LogP contribution in [0.2, 0.25) is 0 Å². The van der Waals surface area contributed by atoms with Crippen LogP contribution in [0.25, 0.3) is 0 Å². The molecule has 0 unspecified atom stereocenters. The second kappa shape index (κ2) is 6.49. The third kappa shape index (κ3) is 3.40. The Bertz CT molecular complexity index is 804. The summed E-state index contributed by atoms with van der Waals surface area (Å²) in [7, 11) is 0. The number of carbonyl (C=O) groups excluding carboxylic acids is 2. The number of nitrogens with two attached hydrogens (primary N) is 1. The molecule has 0 fully saturated rings. The standard InChI is InChI=1S/C17H17N3O4/c1-10-2-4-13(12(18)6-10)20-17(22)16(21)19-8-11-3-5-14-15(7-11)24-9-23-14/h2-7H,8-9,18H2,1H3,(H,19,21)(H,20,22). The van der Waals surface area contributed by atoms with Crippen molar-refractivity contribution >= 4 is 23.2 Å². The fourth-order valence-corrected chi connectivity index (χ4v) is 2.29. The van der Waals surface area contributed by atoms with Crippen molar-refractivity contribution in [1.29, 1.82) is 0 Å². The minimum atomic E-state index is -0.772. The van der Waals surface area contributed by atoms with Gasteiger partial charge in [0.2, 0.25) is 6.79 Å². The Hall–Kier alpha value is -3.22. The maximum atomic E-state index is 11.9. The molecule has 1 heterocycles. The minimum absolute atomic E-state index is 0.186. The first-order valence-electron chi connectivity index (χ1n) is 7.37. The van der Waals surface area contributed by atoms with E-state index in [1.54, 1.807) is 36.4 Å². The molecule has 3 rings (SSSR count). The van der Waals surface area contributed by atoms with E-state index in [4.69, 9.17) is 15.2 Å². The third-order valence-corrected chi connectivity index (χ3v) is 3.55. The minimum Gasteiger partial charge on any atom is -0.454 e. The van der Waals surface area contributed by atoms with E-state index in [1.807, 2.05) is 6.92 Å². The van der Waals surface area contributed by atoms with Crippen LogP contribution in [0.5, 0.6) is 11.5 Å². The Labute approximate surface area is 138 Å². The van der Waals surface area contributed by atoms with E-state index in [0.717, 1.165) is 11.1 Å². The van der Waals surface area contributed by atoms with Crippen molar-refractivity contribution in [2.45, 2.75) is 13.5 Å². The molecule has 0 radical (unpaired) electrons. The average Bonchev–Trinajstić information content (AvgIpc) is 3.02. The first-order chi connectivity index (χ1) is 11.5. The number of anilines is 2. The number of fused-ring (bicyclic) bond motifs is 1. The topological polar surface area (TPSA) is 103 Å². The molecule has 4 N–H and O–H groups in total. The molecular formula is C17H17N3O4. The largest absolute Gasteiger partial charge is 0.454 e. The lowest BCUT2D eigenvalue weighted by atomic mass is 10.2. The van der Waals surface area contributed by atoms with Crippen molar-refractivity contribution in [3.05, 3.63) is 47.5 Å². The van der Waals surface area contributed by atoms with Gasteiger partial charge >= 0.3 is 11.8 Å². The average molecular weight is 327 g/mol. The van der Waals surface area contributed by atoms with Crippen molar-refractivity contribution in [2.75, 3.05) is 17.8 Å². The molecule has 0 aliphatic carbocycles. The Morgan fingerprint density at radius 1 is 1.08 bits per heavy atom. The summed E-state index contributed by atoms with van der Waals surface area (Å²) in [6.45, 7) is 2.28. The Kier molecular flexibility index (Phi) is 4.24. The summed E-state index contributed by atoms with van der Waals surface area (Å²) in [5, 5.41) is 5.05. The number of carbonyl (C=O) groups is 2. The van der Waals surface area contributed by atoms with Crippen LogP contribution in [0.3, 0.4) is 0 Å². The highest BCUT2D eigenvalue weighted by atomic mass is 16.7. The van der Waals surface area contributed by atoms with Gasteiger partial charge in [-0.05, 0) is 42.3 Å². The molecule has 124 valence electrons. The summed E-state index contributed by atoms with van der Waals surface area (Å²) < 4.78 is 10.5. The summed E-state index contributed by atoms with van der Waals surface area (Å²) in [5.41, 5.74) is 8.40. The van der Waals surface area contributed by atoms with Gasteiger partial charge in [0.25, 0.3) is 0 Å². The number of ether oxygens (including phenoxy) is 2. The number of aryl methyl sites for hydroxylation is 1. The number of hydrogen-bond acceptors (Lipinski definition) is 5. The van der Waals surface area contributed by atoms with Gasteiger partial charge in [0.15, 0.2) is 11.5 Å². The molecule has 0 aromatic heterocycles. The number of nitrogens with one attached hydrogen (secondary N) is 2. The molecule has 2 aromatic rings. The van der Waals surface area contributed by atoms with Crippen LogP contribution in [-0.2, 0) is 16.1 Å². The highest BCUT2D eigenvalue weighted by Crippen LogP contribution is 2.32. The van der Waals surface area contributed by atoms with Gasteiger partial charge in [-0.2, -0.15) is 0 Å². The molecule has 0 spiro atoms. The molecule has 1 aliphatic rings. The van der Waals surface area contributed by atoms with Crippen LogP contribution in [0.4, 0.5) is 11.4 Å². The zero-order valence-corrected chi connectivity index (χ0v) is 13.1. The summed E-state index contributed by atoms with van der Waals surface area (Å²) in [4.78, 5) is 23.8. The first-order valence-corrected chi connectivity index (χ1v) is 7.37. The maximum Gasteiger partial charge on any atom is 0.313 e. The fraction of sp³-hybridized carbons (Fsp3) is 0.176. The predicted octanol–water partition coefficient (Wildman–Crippen LogP) is 1.56. The molecule has 0 atom stereocenters.